The third-order valence-corrected chi connectivity index (χ3v) is 7.96. The number of ether oxygens (including phenoxy) is 3. The van der Waals surface area contributed by atoms with Gasteiger partial charge >= 0.3 is 107 Å². The molecule has 0 heterocycles. The van der Waals surface area contributed by atoms with Gasteiger partial charge in [0.25, 0.3) is 0 Å². The number of carboxylic acids is 6. The largest absolute Gasteiger partial charge is 1.00 e. The number of thiocarbonyl (C=S) groups is 3. The van der Waals surface area contributed by atoms with E-state index < -0.39 is 35.8 Å². The van der Waals surface area contributed by atoms with Crippen LogP contribution in [-0.4, -0.2) is 86.1 Å². The summed E-state index contributed by atoms with van der Waals surface area (Å²) in [6.07, 6.45) is 14.2. The molecule has 0 spiro atoms. The molecule has 0 rings (SSSR count). The number of hydrogen-bond acceptors (Lipinski definition) is 15. The summed E-state index contributed by atoms with van der Waals surface area (Å²) < 4.78 is 15.6. The molecule has 0 aromatic carbocycles. The fraction of sp³-hybridized carbons (Fsp3) is 0.750. The molecule has 0 atom stereocenters. The van der Waals surface area contributed by atoms with Crippen LogP contribution in [0, 0.1) is 0 Å². The first kappa shape index (κ1) is 68.2. The van der Waals surface area contributed by atoms with Gasteiger partial charge in [0.2, 0.25) is 0 Å². The van der Waals surface area contributed by atoms with E-state index in [1.165, 1.54) is 0 Å². The van der Waals surface area contributed by atoms with E-state index in [1.54, 1.807) is 0 Å². The molecule has 15 nitrogen and oxygen atoms in total. The van der Waals surface area contributed by atoms with Gasteiger partial charge in [0.05, 0.1) is 19.8 Å². The first-order valence-electron chi connectivity index (χ1n) is 18.3. The Morgan fingerprint density at radius 1 is 0.333 bits per heavy atom. The minimum atomic E-state index is -1.13. The van der Waals surface area contributed by atoms with Gasteiger partial charge in [-0.3, -0.25) is 14.4 Å². The van der Waals surface area contributed by atoms with E-state index in [9.17, 15) is 44.1 Å². The Labute approximate surface area is 419 Å². The molecule has 0 aromatic heterocycles. The summed E-state index contributed by atoms with van der Waals surface area (Å²) in [6, 6.07) is 0. The van der Waals surface area contributed by atoms with Crippen LogP contribution in [-0.2, 0) is 43.0 Å². The molecule has 0 bridgehead atoms. The third kappa shape index (κ3) is 70.4. The van der Waals surface area contributed by atoms with E-state index in [4.69, 9.17) is 66.2 Å². The van der Waals surface area contributed by atoms with Crippen molar-refractivity contribution in [3.05, 3.63) is 0 Å². The normalized spacial score (nSPS) is 9.47. The fourth-order valence-corrected chi connectivity index (χ4v) is 4.67. The maximum absolute atomic E-state index is 10.2. The van der Waals surface area contributed by atoms with Crippen LogP contribution < -0.4 is 104 Å². The van der Waals surface area contributed by atoms with Gasteiger partial charge in [-0.05, 0) is 94.4 Å². The van der Waals surface area contributed by atoms with Crippen molar-refractivity contribution in [2.24, 2.45) is 0 Å². The number of hydrogen-bond donors (Lipinski definition) is 3. The van der Waals surface area contributed by atoms with Crippen molar-refractivity contribution in [2.75, 3.05) is 19.8 Å². The second-order valence-corrected chi connectivity index (χ2v) is 13.4. The first-order valence-corrected chi connectivity index (χ1v) is 19.5. The average molecular weight is 895 g/mol. The molecule has 0 aliphatic heterocycles. The number of rotatable bonds is 33. The number of carbonyl (C=O) groups is 6. The molecule has 3 N–H and O–H groups in total. The zero-order valence-electron chi connectivity index (χ0n) is 34.1. The van der Waals surface area contributed by atoms with Gasteiger partial charge in [-0.1, -0.05) is 57.8 Å². The van der Waals surface area contributed by atoms with Crippen molar-refractivity contribution < 1.29 is 162 Å². The third-order valence-electron chi connectivity index (χ3n) is 6.99. The first-order chi connectivity index (χ1) is 25.6. The van der Waals surface area contributed by atoms with Gasteiger partial charge in [-0.2, -0.15) is 0 Å². The van der Waals surface area contributed by atoms with Crippen LogP contribution in [0.5, 0.6) is 0 Å². The summed E-state index contributed by atoms with van der Waals surface area (Å²) in [5.41, 5.74) is 0. The van der Waals surface area contributed by atoms with Crippen molar-refractivity contribution in [1.29, 1.82) is 0 Å². The van der Waals surface area contributed by atoms with Crippen molar-refractivity contribution in [1.82, 2.24) is 0 Å². The molecule has 0 aliphatic rings. The fourth-order valence-electron chi connectivity index (χ4n) is 4.11. The molecule has 0 fully saturated rings. The van der Waals surface area contributed by atoms with Gasteiger partial charge in [-0.25, -0.2) is 0 Å². The molecular formula is C36H57Na3O15S3. The maximum Gasteiger partial charge on any atom is 1.00 e. The summed E-state index contributed by atoms with van der Waals surface area (Å²) in [6.45, 7) is 1.47. The number of unbranched alkanes of at least 4 members (excludes halogenated alkanes) is 12. The Kier molecular flexibility index (Phi) is 61.8. The minimum Gasteiger partial charge on any atom is -0.550 e. The van der Waals surface area contributed by atoms with Gasteiger partial charge in [0.1, 0.15) is 0 Å². The molecule has 0 unspecified atom stereocenters. The molecule has 0 amide bonds. The summed E-state index contributed by atoms with van der Waals surface area (Å²) in [7, 11) is 0. The molecule has 312 valence electrons. The Balaban J connectivity index is -0.000000167. The van der Waals surface area contributed by atoms with Gasteiger partial charge < -0.3 is 59.2 Å². The van der Waals surface area contributed by atoms with Crippen LogP contribution in [0.25, 0.3) is 0 Å². The standard InChI is InChI=1S/3C12H20O5S.3Na/c3*13-10(14)6-4-2-1-3-5-9-17-12(18)8-7-11(15)16;;;/h3*1-9H2,(H,13,14)(H,15,16);;;/q;;;3*+1/p-3. The second kappa shape index (κ2) is 51.6. The number of aliphatic carboxylic acids is 6. The zero-order chi connectivity index (χ0) is 41.4. The summed E-state index contributed by atoms with van der Waals surface area (Å²) in [4.78, 5) is 61.2. The molecule has 0 aliphatic carbocycles. The van der Waals surface area contributed by atoms with Crippen LogP contribution >= 0.6 is 36.7 Å². The van der Waals surface area contributed by atoms with Crippen molar-refractivity contribution in [3.8, 4) is 0 Å². The summed E-state index contributed by atoms with van der Waals surface area (Å²) >= 11 is 14.5. The van der Waals surface area contributed by atoms with Gasteiger partial charge in [-0.15, -0.1) is 0 Å². The molecule has 0 aromatic rings. The van der Waals surface area contributed by atoms with Crippen LogP contribution in [0.2, 0.25) is 0 Å². The monoisotopic (exact) mass is 894 g/mol. The number of carbonyl (C=O) groups excluding carboxylic acids is 3. The number of carboxylic acid groups (broad SMARTS) is 6. The van der Waals surface area contributed by atoms with E-state index in [0.717, 1.165) is 77.0 Å². The second-order valence-electron chi connectivity index (χ2n) is 12.0. The van der Waals surface area contributed by atoms with Crippen LogP contribution in [0.1, 0.15) is 154 Å². The molecule has 0 radical (unpaired) electrons. The van der Waals surface area contributed by atoms with Crippen LogP contribution in [0.4, 0.5) is 0 Å². The van der Waals surface area contributed by atoms with Crippen LogP contribution in [0.3, 0.4) is 0 Å². The van der Waals surface area contributed by atoms with E-state index >= 15 is 0 Å². The van der Waals surface area contributed by atoms with E-state index in [2.05, 4.69) is 0 Å². The van der Waals surface area contributed by atoms with Crippen molar-refractivity contribution in [3.63, 3.8) is 0 Å². The van der Waals surface area contributed by atoms with Gasteiger partial charge in [0.15, 0.2) is 15.2 Å². The van der Waals surface area contributed by atoms with Gasteiger partial charge in [0, 0.05) is 56.4 Å². The Morgan fingerprint density at radius 3 is 0.719 bits per heavy atom. The Morgan fingerprint density at radius 2 is 0.526 bits per heavy atom. The quantitative estimate of drug-likeness (QED) is 0.0316. The predicted molar refractivity (Wildman–Crippen MR) is 204 cm³/mol. The smallest absolute Gasteiger partial charge is 0.550 e. The van der Waals surface area contributed by atoms with E-state index in [-0.39, 0.29) is 146 Å². The Bertz CT molecular complexity index is 983. The Hall–Kier alpha value is -0.510. The summed E-state index contributed by atoms with van der Waals surface area (Å²) in [5.74, 6) is -5.64. The van der Waals surface area contributed by atoms with Crippen molar-refractivity contribution >= 4 is 87.6 Å². The molecular weight excluding hydrogens is 838 g/mol. The molecule has 21 heteroatoms. The van der Waals surface area contributed by atoms with Crippen LogP contribution in [0.15, 0.2) is 0 Å². The SMILES string of the molecule is O=C([O-])CCC(=S)OCCCCCCCC(=O)O.O=C([O-])CCC(=S)OCCCCCCCC(=O)O.O=C([O-])CCC(=S)OCCCCCCCC(=O)O.[Na+].[Na+].[Na+]. The molecule has 0 saturated carbocycles. The summed E-state index contributed by atoms with van der Waals surface area (Å²) in [5, 5.41) is 56.7. The predicted octanol–water partition coefficient (Wildman–Crippen LogP) is -5.13. The molecule has 57 heavy (non-hydrogen) atoms. The molecule has 0 saturated heterocycles. The van der Waals surface area contributed by atoms with E-state index in [0.29, 0.717) is 54.2 Å². The average Bonchev–Trinajstić information content (AvgIpc) is 3.09. The van der Waals surface area contributed by atoms with Crippen molar-refractivity contribution in [2.45, 2.75) is 154 Å². The van der Waals surface area contributed by atoms with E-state index in [1.807, 2.05) is 0 Å². The minimum absolute atomic E-state index is 0. The maximum atomic E-state index is 10.2. The zero-order valence-corrected chi connectivity index (χ0v) is 42.5. The topological polar surface area (TPSA) is 260 Å².